The Bertz CT molecular complexity index is 2590. The number of anilines is 3. The highest BCUT2D eigenvalue weighted by Crippen LogP contribution is 2.65. The number of carbonyl (C=O) groups excluding carboxylic acids is 4. The maximum absolute atomic E-state index is 15.5. The fraction of sp³-hybridized carbons (Fsp3) is 0.286. The molecule has 19 heteroatoms. The van der Waals surface area contributed by atoms with E-state index in [0.29, 0.717) is 21.9 Å². The van der Waals surface area contributed by atoms with Gasteiger partial charge in [0.1, 0.15) is 5.75 Å². The number of nitro groups is 2. The quantitative estimate of drug-likeness (QED) is 0.0728. The predicted molar refractivity (Wildman–Crippen MR) is 222 cm³/mol. The number of phenols is 1. The van der Waals surface area contributed by atoms with Gasteiger partial charge < -0.3 is 19.5 Å². The molecule has 1 saturated carbocycles. The number of methoxy groups -OCH3 is 2. The van der Waals surface area contributed by atoms with Gasteiger partial charge in [-0.3, -0.25) is 44.8 Å². The van der Waals surface area contributed by atoms with Gasteiger partial charge in [-0.1, -0.05) is 59.1 Å². The maximum atomic E-state index is 15.5. The van der Waals surface area contributed by atoms with Crippen LogP contribution in [-0.4, -0.2) is 71.9 Å². The number of aromatic hydroxyl groups is 1. The number of amides is 4. The Hall–Kier alpha value is -6.72. The molecule has 3 fully saturated rings. The van der Waals surface area contributed by atoms with E-state index in [9.17, 15) is 34.9 Å². The molecule has 0 bridgehead atoms. The van der Waals surface area contributed by atoms with E-state index in [1.807, 2.05) is 0 Å². The first-order valence-electron chi connectivity index (χ1n) is 18.9. The van der Waals surface area contributed by atoms with Gasteiger partial charge in [-0.2, -0.15) is 5.01 Å². The van der Waals surface area contributed by atoms with Gasteiger partial charge in [0.05, 0.1) is 63.6 Å². The SMILES string of the molecule is COc1ccc(C23C(=O)N(Nc4ccc(Cl)cc4Cl)C(=O)C2CC2C(=CCC4C(=O)N(c5cc([N+](=O)[O-])c(N(C)C)c([N+](=O)[O-])c5)C(=O)C42)C3c2cccc(OC)c2O)cc1. The van der Waals surface area contributed by atoms with Gasteiger partial charge in [-0.25, -0.2) is 4.90 Å². The molecular weight excluding hydrogens is 835 g/mol. The molecule has 0 aromatic heterocycles. The third-order valence-electron chi connectivity index (χ3n) is 12.3. The summed E-state index contributed by atoms with van der Waals surface area (Å²) in [5, 5.41) is 37.8. The third kappa shape index (κ3) is 6.12. The number of nitrogens with zero attached hydrogens (tertiary/aromatic N) is 5. The Kier molecular flexibility index (Phi) is 10.1. The average molecular weight is 872 g/mol. The van der Waals surface area contributed by atoms with E-state index < -0.39 is 79.9 Å². The van der Waals surface area contributed by atoms with Gasteiger partial charge in [-0.15, -0.1) is 0 Å². The number of nitrogens with one attached hydrogen (secondary N) is 1. The van der Waals surface area contributed by atoms with Crippen molar-refractivity contribution in [1.29, 1.82) is 0 Å². The topological polar surface area (TPSA) is 215 Å². The number of rotatable bonds is 10. The Labute approximate surface area is 357 Å². The Morgan fingerprint density at radius 1 is 0.869 bits per heavy atom. The first-order chi connectivity index (χ1) is 29.1. The summed E-state index contributed by atoms with van der Waals surface area (Å²) in [4.78, 5) is 84.7. The summed E-state index contributed by atoms with van der Waals surface area (Å²) in [5.41, 5.74) is 0.268. The molecule has 0 radical (unpaired) electrons. The van der Waals surface area contributed by atoms with Gasteiger partial charge in [0.2, 0.25) is 11.8 Å². The fourth-order valence-corrected chi connectivity index (χ4v) is 10.3. The molecule has 4 aliphatic rings. The number of carbonyl (C=O) groups is 4. The first-order valence-corrected chi connectivity index (χ1v) is 19.6. The molecule has 17 nitrogen and oxygen atoms in total. The second kappa shape index (κ2) is 15.1. The third-order valence-corrected chi connectivity index (χ3v) is 12.8. The minimum atomic E-state index is -1.80. The summed E-state index contributed by atoms with van der Waals surface area (Å²) >= 11 is 12.7. The van der Waals surface area contributed by atoms with E-state index >= 15 is 9.59 Å². The van der Waals surface area contributed by atoms with Crippen LogP contribution in [-0.2, 0) is 24.6 Å². The normalized spacial score (nSPS) is 24.2. The summed E-state index contributed by atoms with van der Waals surface area (Å²) in [7, 11) is 5.62. The van der Waals surface area contributed by atoms with Crippen molar-refractivity contribution in [3.8, 4) is 17.2 Å². The van der Waals surface area contributed by atoms with Crippen LogP contribution in [0.25, 0.3) is 0 Å². The Morgan fingerprint density at radius 3 is 2.13 bits per heavy atom. The monoisotopic (exact) mass is 870 g/mol. The summed E-state index contributed by atoms with van der Waals surface area (Å²) < 4.78 is 11.0. The van der Waals surface area contributed by atoms with E-state index in [1.54, 1.807) is 42.5 Å². The number of allylic oxidation sites excluding steroid dienone is 2. The van der Waals surface area contributed by atoms with Crippen LogP contribution < -0.4 is 24.7 Å². The highest BCUT2D eigenvalue weighted by molar-refractivity contribution is 6.36. The molecule has 0 spiro atoms. The molecule has 2 aliphatic carbocycles. The zero-order valence-corrected chi connectivity index (χ0v) is 34.3. The molecule has 8 rings (SSSR count). The number of benzene rings is 4. The van der Waals surface area contributed by atoms with Crippen molar-refractivity contribution in [2.75, 3.05) is 43.5 Å². The molecule has 6 atom stereocenters. The lowest BCUT2D eigenvalue weighted by atomic mass is 9.49. The second-order valence-corrected chi connectivity index (χ2v) is 16.2. The number of fused-ring (bicyclic) bond motifs is 4. The van der Waals surface area contributed by atoms with Gasteiger partial charge >= 0.3 is 11.4 Å². The molecule has 2 N–H and O–H groups in total. The number of hydrogen-bond acceptors (Lipinski definition) is 13. The van der Waals surface area contributed by atoms with E-state index in [0.717, 1.165) is 22.0 Å². The minimum Gasteiger partial charge on any atom is -0.504 e. The molecule has 2 aliphatic heterocycles. The lowest BCUT2D eigenvalue weighted by Crippen LogP contribution is -2.53. The van der Waals surface area contributed by atoms with E-state index in [-0.39, 0.29) is 52.0 Å². The van der Waals surface area contributed by atoms with Crippen LogP contribution in [0.2, 0.25) is 10.0 Å². The van der Waals surface area contributed by atoms with Gasteiger partial charge in [0.15, 0.2) is 17.2 Å². The van der Waals surface area contributed by atoms with Crippen molar-refractivity contribution >= 4 is 75.3 Å². The number of nitro benzene ring substituents is 2. The van der Waals surface area contributed by atoms with Crippen LogP contribution in [0.15, 0.2) is 84.4 Å². The molecule has 314 valence electrons. The van der Waals surface area contributed by atoms with Crippen LogP contribution >= 0.6 is 23.2 Å². The predicted octanol–water partition coefficient (Wildman–Crippen LogP) is 6.79. The smallest absolute Gasteiger partial charge is 0.301 e. The highest BCUT2D eigenvalue weighted by Gasteiger charge is 2.71. The van der Waals surface area contributed by atoms with Crippen molar-refractivity contribution in [3.63, 3.8) is 0 Å². The molecule has 2 saturated heterocycles. The summed E-state index contributed by atoms with van der Waals surface area (Å²) in [5.74, 6) is -8.30. The largest absolute Gasteiger partial charge is 0.504 e. The van der Waals surface area contributed by atoms with Crippen LogP contribution in [0.1, 0.15) is 29.9 Å². The van der Waals surface area contributed by atoms with E-state index in [4.69, 9.17) is 32.7 Å². The molecule has 2 heterocycles. The van der Waals surface area contributed by atoms with Gasteiger partial charge in [0, 0.05) is 42.7 Å². The van der Waals surface area contributed by atoms with E-state index in [2.05, 4.69) is 5.43 Å². The van der Waals surface area contributed by atoms with Crippen molar-refractivity contribution in [2.24, 2.45) is 23.7 Å². The van der Waals surface area contributed by atoms with Crippen molar-refractivity contribution < 1.29 is 43.6 Å². The van der Waals surface area contributed by atoms with Crippen LogP contribution in [0.3, 0.4) is 0 Å². The van der Waals surface area contributed by atoms with Crippen LogP contribution in [0.5, 0.6) is 17.2 Å². The number of halogens is 2. The minimum absolute atomic E-state index is 0.0490. The highest BCUT2D eigenvalue weighted by atomic mass is 35.5. The number of hydrogen-bond donors (Lipinski definition) is 2. The maximum Gasteiger partial charge on any atom is 0.301 e. The molecular formula is C42H36Cl2N6O11. The Morgan fingerprint density at radius 2 is 1.54 bits per heavy atom. The van der Waals surface area contributed by atoms with Gasteiger partial charge in [-0.05, 0) is 60.7 Å². The second-order valence-electron chi connectivity index (χ2n) is 15.4. The number of hydrazine groups is 1. The summed E-state index contributed by atoms with van der Waals surface area (Å²) in [6.45, 7) is 0. The zero-order valence-electron chi connectivity index (χ0n) is 32.8. The number of imide groups is 2. The van der Waals surface area contributed by atoms with Crippen molar-refractivity contribution in [1.82, 2.24) is 5.01 Å². The first kappa shape index (κ1) is 41.0. The lowest BCUT2D eigenvalue weighted by Gasteiger charge is -2.50. The fourth-order valence-electron chi connectivity index (χ4n) is 9.83. The number of phenolic OH excluding ortho intramolecular Hbond substituents is 1. The van der Waals surface area contributed by atoms with Crippen LogP contribution in [0, 0.1) is 43.9 Å². The van der Waals surface area contributed by atoms with E-state index in [1.165, 1.54) is 57.5 Å². The molecule has 4 aromatic carbocycles. The van der Waals surface area contributed by atoms with Crippen LogP contribution in [0.4, 0.5) is 28.4 Å². The molecule has 4 aromatic rings. The standard InChI is InChI=1S/C42H36Cl2N6O11/c1-46(2)36-31(49(56)57)17-22(18-32(36)50(58)59)47-38(52)25-14-13-24-27(34(25)40(47)54)19-28-39(53)48(45-30-15-10-21(43)16-29(30)44)41(55)42(28,20-8-11-23(60-3)12-9-20)35(24)26-6-5-7-33(61-4)37(26)51/h5-13,15-18,25,27-28,34-35,45,51H,14,19H2,1-4H3. The van der Waals surface area contributed by atoms with Crippen molar-refractivity contribution in [3.05, 3.63) is 126 Å². The lowest BCUT2D eigenvalue weighted by molar-refractivity contribution is -0.392. The molecule has 61 heavy (non-hydrogen) atoms. The number of para-hydroxylation sites is 1. The summed E-state index contributed by atoms with van der Waals surface area (Å²) in [6.07, 6.45) is 1.55. The Balaban J connectivity index is 1.33. The number of ether oxygens (including phenoxy) is 2. The average Bonchev–Trinajstić information content (AvgIpc) is 3.61. The molecule has 4 amide bonds. The van der Waals surface area contributed by atoms with Crippen molar-refractivity contribution in [2.45, 2.75) is 24.2 Å². The molecule has 6 unspecified atom stereocenters. The summed E-state index contributed by atoms with van der Waals surface area (Å²) in [6, 6.07) is 17.7. The zero-order chi connectivity index (χ0) is 43.8. The van der Waals surface area contributed by atoms with Gasteiger partial charge in [0.25, 0.3) is 11.8 Å².